The average Bonchev–Trinajstić information content (AvgIpc) is 2.93. The highest BCUT2D eigenvalue weighted by atomic mass is 16.5. The summed E-state index contributed by atoms with van der Waals surface area (Å²) in [5, 5.41) is 7.32. The molecule has 0 radical (unpaired) electrons. The van der Waals surface area contributed by atoms with Crippen molar-refractivity contribution < 1.29 is 14.1 Å². The third-order valence-electron chi connectivity index (χ3n) is 4.48. The van der Waals surface area contributed by atoms with Crippen molar-refractivity contribution in [3.63, 3.8) is 0 Å². The number of nitrogens with one attached hydrogen (secondary N) is 1. The summed E-state index contributed by atoms with van der Waals surface area (Å²) < 4.78 is 10.4. The first-order valence-electron chi connectivity index (χ1n) is 9.18. The number of carbonyl (C=O) groups is 1. The molecule has 2 heterocycles. The van der Waals surface area contributed by atoms with Crippen LogP contribution in [0.5, 0.6) is 0 Å². The Hall–Kier alpha value is -2.05. The summed E-state index contributed by atoms with van der Waals surface area (Å²) in [6.07, 6.45) is 2.65. The summed E-state index contributed by atoms with van der Waals surface area (Å²) in [7, 11) is 0. The van der Waals surface area contributed by atoms with Gasteiger partial charge in [-0.25, -0.2) is 0 Å². The fourth-order valence-corrected chi connectivity index (χ4v) is 3.18. The summed E-state index contributed by atoms with van der Waals surface area (Å²) in [4.78, 5) is 19.0. The number of ether oxygens (including phenoxy) is 1. The molecule has 25 heavy (non-hydrogen) atoms. The van der Waals surface area contributed by atoms with Crippen LogP contribution in [-0.4, -0.2) is 54.8 Å². The van der Waals surface area contributed by atoms with E-state index in [1.54, 1.807) is 0 Å². The molecule has 1 fully saturated rings. The van der Waals surface area contributed by atoms with Crippen molar-refractivity contribution in [2.24, 2.45) is 10.9 Å². The Morgan fingerprint density at radius 2 is 2.24 bits per heavy atom. The Labute approximate surface area is 149 Å². The predicted molar refractivity (Wildman–Crippen MR) is 96.6 cm³/mol. The minimum Gasteiger partial charge on any atom is -0.466 e. The third-order valence-corrected chi connectivity index (χ3v) is 4.48. The van der Waals surface area contributed by atoms with Crippen molar-refractivity contribution in [3.8, 4) is 0 Å². The van der Waals surface area contributed by atoms with Crippen molar-refractivity contribution in [1.82, 2.24) is 15.4 Å². The quantitative estimate of drug-likeness (QED) is 0.481. The van der Waals surface area contributed by atoms with Gasteiger partial charge in [-0.3, -0.25) is 9.79 Å². The molecule has 1 unspecified atom stereocenters. The lowest BCUT2D eigenvalue weighted by Crippen LogP contribution is -2.48. The Morgan fingerprint density at radius 1 is 1.44 bits per heavy atom. The first-order chi connectivity index (χ1) is 12.1. The van der Waals surface area contributed by atoms with E-state index < -0.39 is 0 Å². The zero-order valence-electron chi connectivity index (χ0n) is 15.8. The van der Waals surface area contributed by atoms with E-state index in [0.29, 0.717) is 19.7 Å². The van der Waals surface area contributed by atoms with Crippen LogP contribution >= 0.6 is 0 Å². The highest BCUT2D eigenvalue weighted by Gasteiger charge is 2.28. The largest absolute Gasteiger partial charge is 0.466 e. The zero-order valence-corrected chi connectivity index (χ0v) is 15.8. The van der Waals surface area contributed by atoms with Crippen LogP contribution < -0.4 is 5.32 Å². The monoisotopic (exact) mass is 350 g/mol. The standard InChI is InChI=1S/C18H30N4O3/c1-5-19-18(20-10-9-16-13(3)21-25-14(16)4)22-11-7-8-15(12-22)17(23)24-6-2/h15H,5-12H2,1-4H3,(H,19,20). The van der Waals surface area contributed by atoms with Gasteiger partial charge < -0.3 is 19.5 Å². The SMILES string of the molecule is CCNC(=NCCc1c(C)noc1C)N1CCCC(C(=O)OCC)C1. The van der Waals surface area contributed by atoms with Gasteiger partial charge in [0.2, 0.25) is 0 Å². The minimum atomic E-state index is -0.0984. The second-order valence-corrected chi connectivity index (χ2v) is 6.33. The number of guanidine groups is 1. The molecule has 0 spiro atoms. The summed E-state index contributed by atoms with van der Waals surface area (Å²) in [5.74, 6) is 1.56. The lowest BCUT2D eigenvalue weighted by molar-refractivity contribution is -0.149. The van der Waals surface area contributed by atoms with Crippen LogP contribution in [0.4, 0.5) is 0 Å². The van der Waals surface area contributed by atoms with Gasteiger partial charge in [0.05, 0.1) is 18.2 Å². The van der Waals surface area contributed by atoms with Gasteiger partial charge in [0.15, 0.2) is 5.96 Å². The molecule has 2 rings (SSSR count). The van der Waals surface area contributed by atoms with Crippen LogP contribution in [0.15, 0.2) is 9.52 Å². The first-order valence-corrected chi connectivity index (χ1v) is 9.18. The van der Waals surface area contributed by atoms with Crippen molar-refractivity contribution in [3.05, 3.63) is 17.0 Å². The van der Waals surface area contributed by atoms with E-state index in [9.17, 15) is 4.79 Å². The fraction of sp³-hybridized carbons (Fsp3) is 0.722. The Bertz CT molecular complexity index is 578. The molecule has 0 aromatic carbocycles. The van der Waals surface area contributed by atoms with Crippen LogP contribution in [0, 0.1) is 19.8 Å². The van der Waals surface area contributed by atoms with Gasteiger partial charge in [0.1, 0.15) is 5.76 Å². The second kappa shape index (κ2) is 9.44. The van der Waals surface area contributed by atoms with E-state index in [2.05, 4.69) is 22.3 Å². The van der Waals surface area contributed by atoms with E-state index in [-0.39, 0.29) is 11.9 Å². The Morgan fingerprint density at radius 3 is 2.88 bits per heavy atom. The van der Waals surface area contributed by atoms with Crippen molar-refractivity contribution in [2.45, 2.75) is 47.0 Å². The van der Waals surface area contributed by atoms with E-state index in [4.69, 9.17) is 14.3 Å². The first kappa shape index (κ1) is 19.3. The molecule has 1 aliphatic heterocycles. The lowest BCUT2D eigenvalue weighted by Gasteiger charge is -2.34. The van der Waals surface area contributed by atoms with Crippen molar-refractivity contribution >= 4 is 11.9 Å². The highest BCUT2D eigenvalue weighted by Crippen LogP contribution is 2.18. The van der Waals surface area contributed by atoms with Gasteiger partial charge in [0, 0.05) is 31.7 Å². The number of carbonyl (C=O) groups excluding carboxylic acids is 1. The molecule has 7 nitrogen and oxygen atoms in total. The number of aromatic nitrogens is 1. The average molecular weight is 350 g/mol. The van der Waals surface area contributed by atoms with Crippen LogP contribution in [0.1, 0.15) is 43.7 Å². The third kappa shape index (κ3) is 5.21. The molecular weight excluding hydrogens is 320 g/mol. The van der Waals surface area contributed by atoms with Gasteiger partial charge >= 0.3 is 5.97 Å². The highest BCUT2D eigenvalue weighted by molar-refractivity contribution is 5.81. The maximum atomic E-state index is 12.0. The molecule has 1 atom stereocenters. The molecule has 0 bridgehead atoms. The van der Waals surface area contributed by atoms with Crippen LogP contribution in [0.25, 0.3) is 0 Å². The number of rotatable bonds is 6. The summed E-state index contributed by atoms with van der Waals surface area (Å²) in [5.41, 5.74) is 2.06. The molecule has 0 amide bonds. The van der Waals surface area contributed by atoms with E-state index in [1.807, 2.05) is 20.8 Å². The normalized spacial score (nSPS) is 18.3. The fourth-order valence-electron chi connectivity index (χ4n) is 3.18. The van der Waals surface area contributed by atoms with Crippen LogP contribution in [-0.2, 0) is 16.0 Å². The molecule has 1 N–H and O–H groups in total. The smallest absolute Gasteiger partial charge is 0.310 e. The Kier molecular flexibility index (Phi) is 7.28. The van der Waals surface area contributed by atoms with Gasteiger partial charge in [-0.05, 0) is 47.0 Å². The zero-order chi connectivity index (χ0) is 18.2. The molecule has 1 saturated heterocycles. The number of aliphatic imine (C=N–C) groups is 1. The van der Waals surface area contributed by atoms with Gasteiger partial charge in [-0.2, -0.15) is 0 Å². The minimum absolute atomic E-state index is 0.0693. The van der Waals surface area contributed by atoms with Gasteiger partial charge in [0.25, 0.3) is 0 Å². The van der Waals surface area contributed by atoms with E-state index in [0.717, 1.165) is 55.3 Å². The van der Waals surface area contributed by atoms with E-state index >= 15 is 0 Å². The number of hydrogen-bond acceptors (Lipinski definition) is 5. The summed E-state index contributed by atoms with van der Waals surface area (Å²) >= 11 is 0. The van der Waals surface area contributed by atoms with Crippen LogP contribution in [0.2, 0.25) is 0 Å². The predicted octanol–water partition coefficient (Wildman–Crippen LogP) is 2.07. The molecule has 1 aromatic rings. The topological polar surface area (TPSA) is 80.0 Å². The number of piperidine rings is 1. The molecule has 0 aliphatic carbocycles. The maximum absolute atomic E-state index is 12.0. The molecule has 7 heteroatoms. The summed E-state index contributed by atoms with van der Waals surface area (Å²) in [6.45, 7) is 11.2. The van der Waals surface area contributed by atoms with E-state index in [1.165, 1.54) is 0 Å². The molecule has 1 aliphatic rings. The lowest BCUT2D eigenvalue weighted by atomic mass is 9.98. The van der Waals surface area contributed by atoms with Crippen LogP contribution in [0.3, 0.4) is 0 Å². The number of aryl methyl sites for hydroxylation is 2. The number of esters is 1. The number of hydrogen-bond donors (Lipinski definition) is 1. The Balaban J connectivity index is 1.99. The molecule has 1 aromatic heterocycles. The summed E-state index contributed by atoms with van der Waals surface area (Å²) in [6, 6.07) is 0. The number of nitrogens with zero attached hydrogens (tertiary/aromatic N) is 3. The number of likely N-dealkylation sites (tertiary alicyclic amines) is 1. The molecular formula is C18H30N4O3. The molecule has 0 saturated carbocycles. The maximum Gasteiger partial charge on any atom is 0.310 e. The van der Waals surface area contributed by atoms with Crippen molar-refractivity contribution in [2.75, 3.05) is 32.8 Å². The molecule has 140 valence electrons. The van der Waals surface area contributed by atoms with Crippen molar-refractivity contribution in [1.29, 1.82) is 0 Å². The second-order valence-electron chi connectivity index (χ2n) is 6.33. The van der Waals surface area contributed by atoms with Gasteiger partial charge in [-0.15, -0.1) is 0 Å². The van der Waals surface area contributed by atoms with Gasteiger partial charge in [-0.1, -0.05) is 5.16 Å².